The van der Waals surface area contributed by atoms with Crippen LogP contribution < -0.4 is 0 Å². The Labute approximate surface area is 149 Å². The first-order valence-electron chi connectivity index (χ1n) is 10.0. The van der Waals surface area contributed by atoms with Gasteiger partial charge in [0, 0.05) is 22.5 Å². The summed E-state index contributed by atoms with van der Waals surface area (Å²) in [5.74, 6) is 0.957. The number of carbonyl (C=O) groups is 2. The molecule has 130 valence electrons. The average molecular weight is 334 g/mol. The number of ketones is 2. The number of rotatable bonds is 0. The number of Topliss-reactive ketones (excluding diaryl/α,β-unsaturated/α-hetero) is 2. The third-order valence-electron chi connectivity index (χ3n) is 7.66. The molecule has 1 aromatic carbocycles. The molecule has 0 amide bonds. The van der Waals surface area contributed by atoms with Crippen LogP contribution in [0, 0.1) is 23.2 Å². The van der Waals surface area contributed by atoms with E-state index in [1.165, 1.54) is 25.7 Å². The highest BCUT2D eigenvalue weighted by atomic mass is 16.1. The van der Waals surface area contributed by atoms with Crippen LogP contribution in [0.3, 0.4) is 0 Å². The number of allylic oxidation sites excluding steroid dienone is 2. The molecule has 0 radical (unpaired) electrons. The fourth-order valence-electron chi connectivity index (χ4n) is 6.61. The lowest BCUT2D eigenvalue weighted by atomic mass is 9.46. The Hall–Kier alpha value is -1.70. The van der Waals surface area contributed by atoms with Crippen molar-refractivity contribution in [2.24, 2.45) is 23.2 Å². The van der Waals surface area contributed by atoms with Crippen molar-refractivity contribution in [1.82, 2.24) is 0 Å². The summed E-state index contributed by atoms with van der Waals surface area (Å²) in [4.78, 5) is 27.2. The largest absolute Gasteiger partial charge is 0.294 e. The van der Waals surface area contributed by atoms with Gasteiger partial charge in [-0.3, -0.25) is 9.59 Å². The van der Waals surface area contributed by atoms with Gasteiger partial charge in [0.15, 0.2) is 11.6 Å². The molecule has 0 heterocycles. The lowest BCUT2D eigenvalue weighted by Gasteiger charge is -2.55. The van der Waals surface area contributed by atoms with Gasteiger partial charge >= 0.3 is 0 Å². The third kappa shape index (κ3) is 1.91. The zero-order chi connectivity index (χ0) is 17.2. The molecule has 4 aliphatic carbocycles. The standard InChI is InChI=1S/C23H26O2/c1-23-19-13-7-6-9-15(19)14-8-2-3-10-16(14)20(23)21(24)17-11-4-5-12-18(17)22(23)25/h4-5,11-12,16,19-20H,2-3,6-10,13H2,1H3/t16-,19-,20+,23+/m0/s1. The second-order valence-corrected chi connectivity index (χ2v) is 8.70. The number of fused-ring (bicyclic) bond motifs is 6. The molecule has 2 nitrogen and oxygen atoms in total. The Bertz CT molecular complexity index is 802. The van der Waals surface area contributed by atoms with Gasteiger partial charge in [0.2, 0.25) is 0 Å². The van der Waals surface area contributed by atoms with Crippen molar-refractivity contribution >= 4 is 11.6 Å². The highest BCUT2D eigenvalue weighted by Crippen LogP contribution is 2.61. The maximum absolute atomic E-state index is 13.7. The predicted octanol–water partition coefficient (Wildman–Crippen LogP) is 5.38. The van der Waals surface area contributed by atoms with Crippen molar-refractivity contribution in [2.45, 2.75) is 58.3 Å². The van der Waals surface area contributed by atoms with E-state index < -0.39 is 5.41 Å². The molecule has 0 unspecified atom stereocenters. The van der Waals surface area contributed by atoms with E-state index in [9.17, 15) is 9.59 Å². The Morgan fingerprint density at radius 3 is 2.36 bits per heavy atom. The summed E-state index contributed by atoms with van der Waals surface area (Å²) in [7, 11) is 0. The van der Waals surface area contributed by atoms with E-state index in [1.54, 1.807) is 11.1 Å². The number of carbonyl (C=O) groups excluding carboxylic acids is 2. The number of hydrogen-bond donors (Lipinski definition) is 0. The molecule has 2 saturated carbocycles. The SMILES string of the molecule is C[C@]12C(=O)c3ccccc3C(=O)[C@H]1[C@H]1CCCCC1=C1CCCC[C@@H]12. The molecule has 5 rings (SSSR count). The van der Waals surface area contributed by atoms with Gasteiger partial charge in [-0.2, -0.15) is 0 Å². The molecule has 0 bridgehead atoms. The van der Waals surface area contributed by atoms with Crippen LogP contribution in [0.25, 0.3) is 0 Å². The zero-order valence-electron chi connectivity index (χ0n) is 15.0. The maximum atomic E-state index is 13.7. The van der Waals surface area contributed by atoms with Gasteiger partial charge in [-0.15, -0.1) is 0 Å². The summed E-state index contributed by atoms with van der Waals surface area (Å²) in [5, 5.41) is 0. The van der Waals surface area contributed by atoms with E-state index >= 15 is 0 Å². The minimum Gasteiger partial charge on any atom is -0.294 e. The van der Waals surface area contributed by atoms with Crippen LogP contribution in [0.1, 0.15) is 79.0 Å². The van der Waals surface area contributed by atoms with Crippen LogP contribution in [-0.4, -0.2) is 11.6 Å². The molecule has 2 heteroatoms. The molecule has 1 aromatic rings. The van der Waals surface area contributed by atoms with Crippen molar-refractivity contribution in [2.75, 3.05) is 0 Å². The van der Waals surface area contributed by atoms with Gasteiger partial charge in [0.05, 0.1) is 0 Å². The van der Waals surface area contributed by atoms with Crippen LogP contribution in [0.5, 0.6) is 0 Å². The van der Waals surface area contributed by atoms with Gasteiger partial charge in [-0.05, 0) is 50.4 Å². The van der Waals surface area contributed by atoms with Crippen LogP contribution in [0.4, 0.5) is 0 Å². The highest BCUT2D eigenvalue weighted by molar-refractivity contribution is 6.18. The molecular formula is C23H26O2. The van der Waals surface area contributed by atoms with Gasteiger partial charge in [-0.1, -0.05) is 55.2 Å². The van der Waals surface area contributed by atoms with E-state index in [0.717, 1.165) is 25.7 Å². The third-order valence-corrected chi connectivity index (χ3v) is 7.66. The first kappa shape index (κ1) is 15.5. The van der Waals surface area contributed by atoms with Crippen molar-refractivity contribution in [1.29, 1.82) is 0 Å². The van der Waals surface area contributed by atoms with Gasteiger partial charge < -0.3 is 0 Å². The molecule has 4 aliphatic rings. The van der Waals surface area contributed by atoms with Gasteiger partial charge in [0.25, 0.3) is 0 Å². The Kier molecular flexibility index (Phi) is 3.36. The summed E-state index contributed by atoms with van der Waals surface area (Å²) < 4.78 is 0. The van der Waals surface area contributed by atoms with Crippen LogP contribution in [-0.2, 0) is 0 Å². The first-order valence-corrected chi connectivity index (χ1v) is 10.0. The Morgan fingerprint density at radius 2 is 1.56 bits per heavy atom. The van der Waals surface area contributed by atoms with Crippen LogP contribution >= 0.6 is 0 Å². The molecule has 0 aromatic heterocycles. The van der Waals surface area contributed by atoms with E-state index in [-0.39, 0.29) is 17.5 Å². The monoisotopic (exact) mass is 334 g/mol. The second kappa shape index (κ2) is 5.40. The highest BCUT2D eigenvalue weighted by Gasteiger charge is 2.61. The number of benzene rings is 1. The van der Waals surface area contributed by atoms with Gasteiger partial charge in [-0.25, -0.2) is 0 Å². The Balaban J connectivity index is 1.76. The van der Waals surface area contributed by atoms with Crippen LogP contribution in [0.15, 0.2) is 35.4 Å². The van der Waals surface area contributed by atoms with Crippen molar-refractivity contribution < 1.29 is 9.59 Å². The molecule has 2 fully saturated rings. The molecule has 0 spiro atoms. The van der Waals surface area contributed by atoms with Gasteiger partial charge in [0.1, 0.15) is 0 Å². The molecule has 0 aliphatic heterocycles. The predicted molar refractivity (Wildman–Crippen MR) is 97.6 cm³/mol. The maximum Gasteiger partial charge on any atom is 0.170 e. The number of hydrogen-bond acceptors (Lipinski definition) is 2. The lowest BCUT2D eigenvalue weighted by Crippen LogP contribution is -2.56. The van der Waals surface area contributed by atoms with Crippen molar-refractivity contribution in [3.63, 3.8) is 0 Å². The summed E-state index contributed by atoms with van der Waals surface area (Å²) in [6, 6.07) is 7.55. The van der Waals surface area contributed by atoms with E-state index in [4.69, 9.17) is 0 Å². The minimum atomic E-state index is -0.521. The molecule has 0 N–H and O–H groups in total. The van der Waals surface area contributed by atoms with E-state index in [1.807, 2.05) is 24.3 Å². The minimum absolute atomic E-state index is 0.128. The quantitative estimate of drug-likeness (QED) is 0.597. The fraction of sp³-hybridized carbons (Fsp3) is 0.565. The van der Waals surface area contributed by atoms with E-state index in [0.29, 0.717) is 23.0 Å². The Morgan fingerprint density at radius 1 is 0.880 bits per heavy atom. The summed E-state index contributed by atoms with van der Waals surface area (Å²) in [5.41, 5.74) is 4.00. The molecular weight excluding hydrogens is 308 g/mol. The second-order valence-electron chi connectivity index (χ2n) is 8.70. The van der Waals surface area contributed by atoms with Crippen molar-refractivity contribution in [3.05, 3.63) is 46.5 Å². The topological polar surface area (TPSA) is 34.1 Å². The fourth-order valence-corrected chi connectivity index (χ4v) is 6.61. The van der Waals surface area contributed by atoms with Crippen molar-refractivity contribution in [3.8, 4) is 0 Å². The summed E-state index contributed by atoms with van der Waals surface area (Å²) in [6.07, 6.45) is 9.38. The van der Waals surface area contributed by atoms with E-state index in [2.05, 4.69) is 6.92 Å². The smallest absolute Gasteiger partial charge is 0.170 e. The first-order chi connectivity index (χ1) is 12.1. The lowest BCUT2D eigenvalue weighted by molar-refractivity contribution is 0.0234. The van der Waals surface area contributed by atoms with Crippen LogP contribution in [0.2, 0.25) is 0 Å². The summed E-state index contributed by atoms with van der Waals surface area (Å²) >= 11 is 0. The normalized spacial score (nSPS) is 37.1. The molecule has 25 heavy (non-hydrogen) atoms. The molecule has 4 atom stereocenters. The zero-order valence-corrected chi connectivity index (χ0v) is 15.0. The molecule has 0 saturated heterocycles. The summed E-state index contributed by atoms with van der Waals surface area (Å²) in [6.45, 7) is 2.13. The average Bonchev–Trinajstić information content (AvgIpc) is 2.67.